The molecule has 31 heavy (non-hydrogen) atoms. The predicted octanol–water partition coefficient (Wildman–Crippen LogP) is 7.72. The van der Waals surface area contributed by atoms with Gasteiger partial charge in [0, 0.05) is 0 Å². The van der Waals surface area contributed by atoms with Gasteiger partial charge >= 0.3 is 6.18 Å². The van der Waals surface area contributed by atoms with E-state index in [1.165, 1.54) is 35.1 Å². The smallest absolute Gasteiger partial charge is 0.206 e. The number of fused-ring (bicyclic) bond motifs is 3. The molecule has 2 aromatic rings. The fourth-order valence-electron chi connectivity index (χ4n) is 5.37. The first-order valence-electron chi connectivity index (χ1n) is 11.1. The van der Waals surface area contributed by atoms with Crippen molar-refractivity contribution in [3.05, 3.63) is 81.4 Å². The standard InChI is InChI=1S/C26H27F5/c1-2-3-4-5-16-6-10-21-18(12-16)7-8-19-13-17(9-11-22(19)21)20-14-23(27)25(24(28)15-20)26(29,30)31/h2-3,7-8,14-17H,4-6,9-13H2,1H3/b3-2+. The van der Waals surface area contributed by atoms with Crippen molar-refractivity contribution < 1.29 is 22.0 Å². The molecule has 0 saturated heterocycles. The Morgan fingerprint density at radius 3 is 2.16 bits per heavy atom. The molecule has 2 aliphatic rings. The molecule has 0 radical (unpaired) electrons. The van der Waals surface area contributed by atoms with Gasteiger partial charge in [0.05, 0.1) is 0 Å². The Kier molecular flexibility index (Phi) is 6.23. The van der Waals surface area contributed by atoms with Crippen LogP contribution in [0.1, 0.15) is 71.9 Å². The van der Waals surface area contributed by atoms with Gasteiger partial charge in [-0.1, -0.05) is 24.3 Å². The van der Waals surface area contributed by atoms with Crippen molar-refractivity contribution in [3.63, 3.8) is 0 Å². The minimum atomic E-state index is -5.03. The van der Waals surface area contributed by atoms with Crippen LogP contribution >= 0.6 is 0 Å². The summed E-state index contributed by atoms with van der Waals surface area (Å²) in [6.45, 7) is 2.04. The maximum atomic E-state index is 14.1. The second kappa shape index (κ2) is 8.76. The Bertz CT molecular complexity index is 963. The third kappa shape index (κ3) is 4.56. The summed E-state index contributed by atoms with van der Waals surface area (Å²) in [7, 11) is 0. The first-order chi connectivity index (χ1) is 14.8. The second-order valence-electron chi connectivity index (χ2n) is 8.89. The first-order valence-corrected chi connectivity index (χ1v) is 11.1. The van der Waals surface area contributed by atoms with E-state index in [-0.39, 0.29) is 5.92 Å². The minimum Gasteiger partial charge on any atom is -0.206 e. The van der Waals surface area contributed by atoms with Gasteiger partial charge < -0.3 is 0 Å². The highest BCUT2D eigenvalue weighted by molar-refractivity contribution is 5.46. The maximum Gasteiger partial charge on any atom is 0.422 e. The highest BCUT2D eigenvalue weighted by atomic mass is 19.4. The summed E-state index contributed by atoms with van der Waals surface area (Å²) in [5, 5.41) is 0. The van der Waals surface area contributed by atoms with Crippen molar-refractivity contribution in [2.24, 2.45) is 5.92 Å². The van der Waals surface area contributed by atoms with Gasteiger partial charge in [0.2, 0.25) is 0 Å². The van der Waals surface area contributed by atoms with Crippen LogP contribution in [-0.2, 0) is 31.9 Å². The van der Waals surface area contributed by atoms with Crippen LogP contribution < -0.4 is 0 Å². The van der Waals surface area contributed by atoms with Gasteiger partial charge in [0.15, 0.2) is 0 Å². The molecule has 0 N–H and O–H groups in total. The van der Waals surface area contributed by atoms with E-state index < -0.39 is 23.4 Å². The topological polar surface area (TPSA) is 0 Å². The van der Waals surface area contributed by atoms with Crippen LogP contribution in [0.15, 0.2) is 36.4 Å². The average molecular weight is 434 g/mol. The summed E-state index contributed by atoms with van der Waals surface area (Å²) < 4.78 is 66.7. The SMILES string of the molecule is C/C=C/CCC1CCc2c(ccc3c2CCC(c2cc(F)c(C(F)(F)F)c(F)c2)C3)C1. The second-order valence-corrected chi connectivity index (χ2v) is 8.89. The summed E-state index contributed by atoms with van der Waals surface area (Å²) >= 11 is 0. The maximum absolute atomic E-state index is 14.1. The Morgan fingerprint density at radius 1 is 0.935 bits per heavy atom. The Labute approximate surface area is 180 Å². The van der Waals surface area contributed by atoms with Crippen LogP contribution in [0.4, 0.5) is 22.0 Å². The van der Waals surface area contributed by atoms with E-state index >= 15 is 0 Å². The molecule has 4 rings (SSSR count). The molecule has 0 heterocycles. The fourth-order valence-corrected chi connectivity index (χ4v) is 5.37. The van der Waals surface area contributed by atoms with E-state index in [1.54, 1.807) is 0 Å². The molecule has 0 aliphatic heterocycles. The summed E-state index contributed by atoms with van der Waals surface area (Å²) in [6, 6.07) is 6.04. The highest BCUT2D eigenvalue weighted by Crippen LogP contribution is 2.41. The van der Waals surface area contributed by atoms with Gasteiger partial charge in [-0.25, -0.2) is 8.78 Å². The van der Waals surface area contributed by atoms with Gasteiger partial charge in [-0.2, -0.15) is 13.2 Å². The van der Waals surface area contributed by atoms with Crippen molar-refractivity contribution in [3.8, 4) is 0 Å². The van der Waals surface area contributed by atoms with Crippen molar-refractivity contribution in [1.29, 1.82) is 0 Å². The van der Waals surface area contributed by atoms with E-state index in [9.17, 15) is 22.0 Å². The summed E-state index contributed by atoms with van der Waals surface area (Å²) in [5.74, 6) is -2.52. The molecule has 2 aliphatic carbocycles. The first kappa shape index (κ1) is 22.0. The van der Waals surface area contributed by atoms with Gasteiger partial charge in [-0.15, -0.1) is 0 Å². The van der Waals surface area contributed by atoms with Crippen molar-refractivity contribution >= 4 is 0 Å². The predicted molar refractivity (Wildman–Crippen MR) is 112 cm³/mol. The monoisotopic (exact) mass is 434 g/mol. The van der Waals surface area contributed by atoms with Crippen LogP contribution in [0.3, 0.4) is 0 Å². The number of hydrogen-bond donors (Lipinski definition) is 0. The molecule has 0 nitrogen and oxygen atoms in total. The molecule has 2 aromatic carbocycles. The number of allylic oxidation sites excluding steroid dienone is 2. The molecule has 0 saturated carbocycles. The van der Waals surface area contributed by atoms with Crippen LogP contribution in [0, 0.1) is 17.6 Å². The Morgan fingerprint density at radius 2 is 1.55 bits per heavy atom. The zero-order valence-corrected chi connectivity index (χ0v) is 17.7. The van der Waals surface area contributed by atoms with Crippen LogP contribution in [0.5, 0.6) is 0 Å². The molecule has 2 atom stereocenters. The van der Waals surface area contributed by atoms with E-state index in [4.69, 9.17) is 0 Å². The zero-order valence-electron chi connectivity index (χ0n) is 17.7. The van der Waals surface area contributed by atoms with E-state index in [1.807, 2.05) is 6.92 Å². The number of benzene rings is 2. The summed E-state index contributed by atoms with van der Waals surface area (Å²) in [5.41, 5.74) is 3.89. The third-order valence-electron chi connectivity index (χ3n) is 6.94. The van der Waals surface area contributed by atoms with E-state index in [0.717, 1.165) is 37.8 Å². The molecule has 5 heteroatoms. The summed E-state index contributed by atoms with van der Waals surface area (Å²) in [6.07, 6.45) is 7.04. The molecular formula is C26H27F5. The molecule has 0 amide bonds. The molecule has 0 fully saturated rings. The summed E-state index contributed by atoms with van der Waals surface area (Å²) in [4.78, 5) is 0. The molecule has 0 aromatic heterocycles. The molecule has 166 valence electrons. The van der Waals surface area contributed by atoms with E-state index in [0.29, 0.717) is 24.3 Å². The molecule has 2 unspecified atom stereocenters. The zero-order chi connectivity index (χ0) is 22.2. The van der Waals surface area contributed by atoms with Crippen molar-refractivity contribution in [2.45, 2.75) is 70.4 Å². The molecular weight excluding hydrogens is 407 g/mol. The van der Waals surface area contributed by atoms with Crippen LogP contribution in [-0.4, -0.2) is 0 Å². The van der Waals surface area contributed by atoms with Crippen LogP contribution in [0.2, 0.25) is 0 Å². The van der Waals surface area contributed by atoms with Gasteiger partial charge in [0.25, 0.3) is 0 Å². The van der Waals surface area contributed by atoms with Crippen molar-refractivity contribution in [2.75, 3.05) is 0 Å². The third-order valence-corrected chi connectivity index (χ3v) is 6.94. The van der Waals surface area contributed by atoms with Gasteiger partial charge in [-0.3, -0.25) is 0 Å². The Hall–Kier alpha value is -2.17. The molecule has 0 bridgehead atoms. The number of halogens is 5. The fraction of sp³-hybridized carbons (Fsp3) is 0.462. The number of alkyl halides is 3. The lowest BCUT2D eigenvalue weighted by molar-refractivity contribution is -0.142. The Balaban J connectivity index is 1.53. The molecule has 0 spiro atoms. The number of hydrogen-bond acceptors (Lipinski definition) is 0. The minimum absolute atomic E-state index is 0.172. The lowest BCUT2D eigenvalue weighted by Gasteiger charge is -2.32. The normalized spacial score (nSPS) is 21.2. The van der Waals surface area contributed by atoms with Gasteiger partial charge in [-0.05, 0) is 110 Å². The average Bonchev–Trinajstić information content (AvgIpc) is 2.71. The van der Waals surface area contributed by atoms with E-state index in [2.05, 4.69) is 24.3 Å². The van der Waals surface area contributed by atoms with Crippen molar-refractivity contribution in [1.82, 2.24) is 0 Å². The van der Waals surface area contributed by atoms with Gasteiger partial charge in [0.1, 0.15) is 17.2 Å². The quantitative estimate of drug-likeness (QED) is 0.341. The largest absolute Gasteiger partial charge is 0.422 e. The highest BCUT2D eigenvalue weighted by Gasteiger charge is 2.38. The lowest BCUT2D eigenvalue weighted by Crippen LogP contribution is -2.21. The number of rotatable bonds is 4. The van der Waals surface area contributed by atoms with Crippen LogP contribution in [0.25, 0.3) is 0 Å². The lowest BCUT2D eigenvalue weighted by atomic mass is 9.73.